The van der Waals surface area contributed by atoms with E-state index in [-0.39, 0.29) is 25.2 Å². The van der Waals surface area contributed by atoms with Gasteiger partial charge in [-0.15, -0.1) is 0 Å². The molecule has 0 aromatic heterocycles. The van der Waals surface area contributed by atoms with Gasteiger partial charge in [-0.25, -0.2) is 0 Å². The molecule has 1 N–H and O–H groups in total. The fourth-order valence-electron chi connectivity index (χ4n) is 4.02. The summed E-state index contributed by atoms with van der Waals surface area (Å²) in [6.07, 6.45) is 42.7. The summed E-state index contributed by atoms with van der Waals surface area (Å²) in [5.74, 6) is -0.644. The normalized spacial score (nSPS) is 13.1. The first-order valence-corrected chi connectivity index (χ1v) is 16.5. The summed E-state index contributed by atoms with van der Waals surface area (Å²) in [7, 11) is 0. The molecule has 0 rings (SSSR count). The van der Waals surface area contributed by atoms with Crippen LogP contribution in [0.25, 0.3) is 0 Å². The fraction of sp³-hybridized carbons (Fsp3) is 0.622. The van der Waals surface area contributed by atoms with Gasteiger partial charge in [0.25, 0.3) is 0 Å². The van der Waals surface area contributed by atoms with E-state index in [1.807, 2.05) is 0 Å². The minimum Gasteiger partial charge on any atom is -0.462 e. The van der Waals surface area contributed by atoms with E-state index in [4.69, 9.17) is 9.47 Å². The Morgan fingerprint density at radius 1 is 0.571 bits per heavy atom. The lowest BCUT2D eigenvalue weighted by atomic mass is 10.1. The van der Waals surface area contributed by atoms with Gasteiger partial charge in [-0.1, -0.05) is 125 Å². The highest BCUT2D eigenvalue weighted by atomic mass is 16.6. The first-order chi connectivity index (χ1) is 20.6. The largest absolute Gasteiger partial charge is 0.462 e. The molecule has 0 amide bonds. The molecule has 0 heterocycles. The van der Waals surface area contributed by atoms with Crippen LogP contribution >= 0.6 is 0 Å². The Hall–Kier alpha value is -2.66. The van der Waals surface area contributed by atoms with E-state index in [2.05, 4.69) is 86.8 Å². The SMILES string of the molecule is CC/C=C\C/C=C\C/C=C\C/C=C\C/C=C\C/C=C\CCCCCCC(=O)OC(CO)COC(=O)CCCCCCC. The number of unbranched alkanes of at least 4 members (excludes halogenated alkanes) is 8. The highest BCUT2D eigenvalue weighted by Gasteiger charge is 2.16. The van der Waals surface area contributed by atoms with E-state index >= 15 is 0 Å². The van der Waals surface area contributed by atoms with Gasteiger partial charge in [0.2, 0.25) is 0 Å². The number of hydrogen-bond donors (Lipinski definition) is 1. The smallest absolute Gasteiger partial charge is 0.306 e. The summed E-state index contributed by atoms with van der Waals surface area (Å²) in [6, 6.07) is 0. The number of hydrogen-bond acceptors (Lipinski definition) is 5. The molecular formula is C37H60O5. The molecular weight excluding hydrogens is 524 g/mol. The Morgan fingerprint density at radius 2 is 1.02 bits per heavy atom. The molecule has 0 spiro atoms. The van der Waals surface area contributed by atoms with Crippen molar-refractivity contribution in [2.45, 2.75) is 136 Å². The van der Waals surface area contributed by atoms with Gasteiger partial charge < -0.3 is 14.6 Å². The summed E-state index contributed by atoms with van der Waals surface area (Å²) in [5.41, 5.74) is 0. The number of allylic oxidation sites excluding steroid dienone is 12. The summed E-state index contributed by atoms with van der Waals surface area (Å²) in [4.78, 5) is 23.9. The number of aliphatic hydroxyl groups is 1. The molecule has 5 heteroatoms. The Labute approximate surface area is 257 Å². The molecule has 0 fully saturated rings. The van der Waals surface area contributed by atoms with Crippen molar-refractivity contribution in [3.8, 4) is 0 Å². The lowest BCUT2D eigenvalue weighted by Crippen LogP contribution is -2.28. The lowest BCUT2D eigenvalue weighted by molar-refractivity contribution is -0.161. The predicted octanol–water partition coefficient (Wildman–Crippen LogP) is 9.83. The van der Waals surface area contributed by atoms with Crippen LogP contribution in [0.15, 0.2) is 72.9 Å². The maximum absolute atomic E-state index is 12.0. The molecule has 0 aromatic carbocycles. The first-order valence-electron chi connectivity index (χ1n) is 16.5. The molecule has 238 valence electrons. The van der Waals surface area contributed by atoms with Gasteiger partial charge in [0.15, 0.2) is 6.10 Å². The average molecular weight is 585 g/mol. The van der Waals surface area contributed by atoms with Crippen molar-refractivity contribution in [3.05, 3.63) is 72.9 Å². The van der Waals surface area contributed by atoms with Gasteiger partial charge in [-0.05, 0) is 64.2 Å². The van der Waals surface area contributed by atoms with Crippen LogP contribution in [0.2, 0.25) is 0 Å². The molecule has 0 saturated heterocycles. The van der Waals surface area contributed by atoms with Gasteiger partial charge >= 0.3 is 11.9 Å². The first kappa shape index (κ1) is 39.3. The van der Waals surface area contributed by atoms with E-state index in [1.165, 1.54) is 6.42 Å². The van der Waals surface area contributed by atoms with Gasteiger partial charge in [0.05, 0.1) is 6.61 Å². The van der Waals surface area contributed by atoms with E-state index in [0.29, 0.717) is 12.8 Å². The average Bonchev–Trinajstić information content (AvgIpc) is 2.99. The van der Waals surface area contributed by atoms with Crippen LogP contribution in [0, 0.1) is 0 Å². The van der Waals surface area contributed by atoms with Crippen LogP contribution in [0.5, 0.6) is 0 Å². The van der Waals surface area contributed by atoms with E-state index in [1.54, 1.807) is 0 Å². The predicted molar refractivity (Wildman–Crippen MR) is 177 cm³/mol. The summed E-state index contributed by atoms with van der Waals surface area (Å²) < 4.78 is 10.4. The zero-order valence-corrected chi connectivity index (χ0v) is 26.7. The second-order valence-electron chi connectivity index (χ2n) is 10.5. The molecule has 0 radical (unpaired) electrons. The Bertz CT molecular complexity index is 803. The quantitative estimate of drug-likeness (QED) is 0.0563. The minimum absolute atomic E-state index is 0.0814. The van der Waals surface area contributed by atoms with Crippen molar-refractivity contribution in [2.24, 2.45) is 0 Å². The number of aliphatic hydroxyl groups excluding tert-OH is 1. The molecule has 0 aliphatic rings. The lowest BCUT2D eigenvalue weighted by Gasteiger charge is -2.15. The van der Waals surface area contributed by atoms with Crippen molar-refractivity contribution in [1.82, 2.24) is 0 Å². The van der Waals surface area contributed by atoms with Crippen LogP contribution in [0.4, 0.5) is 0 Å². The maximum atomic E-state index is 12.0. The second kappa shape index (κ2) is 32.8. The maximum Gasteiger partial charge on any atom is 0.306 e. The van der Waals surface area contributed by atoms with Crippen molar-refractivity contribution >= 4 is 11.9 Å². The van der Waals surface area contributed by atoms with Crippen molar-refractivity contribution in [1.29, 1.82) is 0 Å². The fourth-order valence-corrected chi connectivity index (χ4v) is 4.02. The third-order valence-electron chi connectivity index (χ3n) is 6.51. The molecule has 0 bridgehead atoms. The molecule has 42 heavy (non-hydrogen) atoms. The van der Waals surface area contributed by atoms with E-state index in [0.717, 1.165) is 96.3 Å². The monoisotopic (exact) mass is 584 g/mol. The molecule has 0 aliphatic carbocycles. The topological polar surface area (TPSA) is 72.8 Å². The number of carbonyl (C=O) groups excluding carboxylic acids is 2. The third-order valence-corrected chi connectivity index (χ3v) is 6.51. The number of ether oxygens (including phenoxy) is 2. The van der Waals surface area contributed by atoms with Crippen LogP contribution in [-0.4, -0.2) is 36.4 Å². The van der Waals surface area contributed by atoms with Gasteiger partial charge in [0, 0.05) is 12.8 Å². The number of rotatable bonds is 28. The molecule has 0 saturated carbocycles. The zero-order chi connectivity index (χ0) is 30.8. The van der Waals surface area contributed by atoms with E-state index in [9.17, 15) is 14.7 Å². The Morgan fingerprint density at radius 3 is 1.52 bits per heavy atom. The van der Waals surface area contributed by atoms with Crippen LogP contribution in [0.3, 0.4) is 0 Å². The van der Waals surface area contributed by atoms with Gasteiger partial charge in [-0.2, -0.15) is 0 Å². The molecule has 0 aliphatic heterocycles. The highest BCUT2D eigenvalue weighted by Crippen LogP contribution is 2.09. The number of carbonyl (C=O) groups is 2. The van der Waals surface area contributed by atoms with Crippen LogP contribution in [-0.2, 0) is 19.1 Å². The zero-order valence-electron chi connectivity index (χ0n) is 26.7. The van der Waals surface area contributed by atoms with E-state index < -0.39 is 6.10 Å². The number of esters is 2. The molecule has 1 atom stereocenters. The van der Waals surface area contributed by atoms with Crippen LogP contribution in [0.1, 0.15) is 129 Å². The second-order valence-corrected chi connectivity index (χ2v) is 10.5. The Balaban J connectivity index is 3.67. The van der Waals surface area contributed by atoms with Crippen LogP contribution < -0.4 is 0 Å². The van der Waals surface area contributed by atoms with Crippen molar-refractivity contribution in [3.63, 3.8) is 0 Å². The molecule has 0 aromatic rings. The molecule has 1 unspecified atom stereocenters. The van der Waals surface area contributed by atoms with Gasteiger partial charge in [-0.3, -0.25) is 9.59 Å². The van der Waals surface area contributed by atoms with Crippen molar-refractivity contribution in [2.75, 3.05) is 13.2 Å². The minimum atomic E-state index is -0.783. The van der Waals surface area contributed by atoms with Gasteiger partial charge in [0.1, 0.15) is 6.61 Å². The third kappa shape index (κ3) is 30.3. The summed E-state index contributed by atoms with van der Waals surface area (Å²) in [5, 5.41) is 9.43. The molecule has 5 nitrogen and oxygen atoms in total. The summed E-state index contributed by atoms with van der Waals surface area (Å²) in [6.45, 7) is 3.88. The van der Waals surface area contributed by atoms with Crippen molar-refractivity contribution < 1.29 is 24.2 Å². The standard InChI is InChI=1S/C37H60O5/c1-3-5-7-9-10-11-12-13-14-15-16-17-18-19-20-21-22-23-24-25-26-28-30-32-37(40)42-35(33-38)34-41-36(39)31-29-27-8-6-4-2/h5,7,10-11,13-14,16-17,19-20,22-23,35,38H,3-4,6,8-9,12,15,18,21,24-34H2,1-2H3/b7-5-,11-10-,14-13-,17-16-,20-19-,23-22-. The highest BCUT2D eigenvalue weighted by molar-refractivity contribution is 5.70. The Kier molecular flexibility index (Phi) is 30.8. The summed E-state index contributed by atoms with van der Waals surface area (Å²) >= 11 is 0.